The molecule has 0 spiro atoms. The summed E-state index contributed by atoms with van der Waals surface area (Å²) in [5, 5.41) is 12.4. The highest BCUT2D eigenvalue weighted by atomic mass is 15.1. The lowest BCUT2D eigenvalue weighted by Gasteiger charge is -2.29. The lowest BCUT2D eigenvalue weighted by atomic mass is 9.79. The van der Waals surface area contributed by atoms with Gasteiger partial charge in [0.1, 0.15) is 0 Å². The molecule has 1 saturated carbocycles. The molecular formula is C84H70N2. The van der Waals surface area contributed by atoms with Crippen molar-refractivity contribution in [3.05, 3.63) is 282 Å². The van der Waals surface area contributed by atoms with Crippen LogP contribution >= 0.6 is 0 Å². The number of hydrogen-bond donors (Lipinski definition) is 0. The summed E-state index contributed by atoms with van der Waals surface area (Å²) in [4.78, 5) is 4.94. The zero-order valence-electron chi connectivity index (χ0n) is 50.5. The van der Waals surface area contributed by atoms with Gasteiger partial charge in [-0.3, -0.25) is 0 Å². The van der Waals surface area contributed by atoms with E-state index in [9.17, 15) is 0 Å². The molecule has 0 N–H and O–H groups in total. The average molecular weight is 1110 g/mol. The third kappa shape index (κ3) is 8.59. The van der Waals surface area contributed by atoms with Gasteiger partial charge in [0.2, 0.25) is 0 Å². The Morgan fingerprint density at radius 3 is 1.40 bits per heavy atom. The molecule has 16 rings (SSSR count). The highest BCUT2D eigenvalue weighted by Crippen LogP contribution is 2.57. The summed E-state index contributed by atoms with van der Waals surface area (Å²) in [6, 6.07) is 93.0. The van der Waals surface area contributed by atoms with E-state index in [1.165, 1.54) is 127 Å². The molecule has 416 valence electrons. The van der Waals surface area contributed by atoms with Crippen molar-refractivity contribution in [2.24, 2.45) is 5.92 Å². The van der Waals surface area contributed by atoms with Gasteiger partial charge in [-0.05, 0) is 247 Å². The van der Waals surface area contributed by atoms with E-state index in [0.717, 1.165) is 34.1 Å². The Morgan fingerprint density at radius 2 is 0.802 bits per heavy atom. The minimum absolute atomic E-state index is 0.0181. The van der Waals surface area contributed by atoms with Gasteiger partial charge in [0.25, 0.3) is 0 Å². The van der Waals surface area contributed by atoms with Gasteiger partial charge in [-0.15, -0.1) is 0 Å². The topological polar surface area (TPSA) is 6.48 Å². The number of nitrogens with zero attached hydrogens (tertiary/aromatic N) is 2. The summed E-state index contributed by atoms with van der Waals surface area (Å²) in [5.41, 5.74) is 22.2. The molecule has 3 aliphatic rings. The van der Waals surface area contributed by atoms with Crippen LogP contribution in [0.2, 0.25) is 0 Å². The molecule has 86 heavy (non-hydrogen) atoms. The predicted octanol–water partition coefficient (Wildman–Crippen LogP) is 23.8. The lowest BCUT2D eigenvalue weighted by Crippen LogP contribution is -2.17. The van der Waals surface area contributed by atoms with Gasteiger partial charge in [0.15, 0.2) is 0 Å². The number of hydrogen-bond acceptors (Lipinski definition) is 2. The maximum atomic E-state index is 2.60. The van der Waals surface area contributed by atoms with Crippen LogP contribution in [0.4, 0.5) is 34.1 Å². The fraction of sp³-hybridized carbons (Fsp3) is 0.167. The Labute approximate surface area is 506 Å². The molecule has 0 heterocycles. The normalized spacial score (nSPS) is 15.7. The average Bonchev–Trinajstić information content (AvgIpc) is 1.45. The minimum atomic E-state index is -0.333. The van der Waals surface area contributed by atoms with Gasteiger partial charge in [-0.25, -0.2) is 0 Å². The molecule has 0 amide bonds. The van der Waals surface area contributed by atoms with Crippen LogP contribution in [-0.4, -0.2) is 0 Å². The monoisotopic (exact) mass is 1110 g/mol. The lowest BCUT2D eigenvalue weighted by molar-refractivity contribution is 0.590. The van der Waals surface area contributed by atoms with Crippen molar-refractivity contribution in [3.8, 4) is 33.4 Å². The van der Waals surface area contributed by atoms with Crippen LogP contribution in [0.1, 0.15) is 101 Å². The maximum absolute atomic E-state index is 2.60. The molecule has 0 aliphatic heterocycles. The summed E-state index contributed by atoms with van der Waals surface area (Å²) in [5.74, 6) is 1.28. The Balaban J connectivity index is 0.961. The molecule has 2 nitrogen and oxygen atoms in total. The number of rotatable bonds is 8. The Hall–Kier alpha value is -9.50. The van der Waals surface area contributed by atoms with Crippen molar-refractivity contribution >= 4 is 94.1 Å². The van der Waals surface area contributed by atoms with Gasteiger partial charge in [0, 0.05) is 39.5 Å². The second-order valence-corrected chi connectivity index (χ2v) is 27.4. The molecule has 0 radical (unpaired) electrons. The highest BCUT2D eigenvalue weighted by molar-refractivity contribution is 6.23. The number of anilines is 6. The second kappa shape index (κ2) is 19.3. The highest BCUT2D eigenvalue weighted by Gasteiger charge is 2.40. The van der Waals surface area contributed by atoms with Crippen molar-refractivity contribution in [1.82, 2.24) is 0 Å². The predicted molar refractivity (Wildman–Crippen MR) is 369 cm³/mol. The smallest absolute Gasteiger partial charge is 0.0468 e. The first-order chi connectivity index (χ1) is 41.6. The van der Waals surface area contributed by atoms with E-state index in [-0.39, 0.29) is 16.2 Å². The zero-order chi connectivity index (χ0) is 58.4. The molecule has 2 unspecified atom stereocenters. The largest absolute Gasteiger partial charge is 0.310 e. The third-order valence-electron chi connectivity index (χ3n) is 19.5. The van der Waals surface area contributed by atoms with Crippen LogP contribution in [-0.2, 0) is 16.2 Å². The van der Waals surface area contributed by atoms with Gasteiger partial charge in [-0.2, -0.15) is 0 Å². The van der Waals surface area contributed by atoms with Gasteiger partial charge >= 0.3 is 0 Å². The first-order valence-corrected chi connectivity index (χ1v) is 30.9. The minimum Gasteiger partial charge on any atom is -0.310 e. The summed E-state index contributed by atoms with van der Waals surface area (Å²) in [6.07, 6.45) is 6.11. The number of allylic oxidation sites excluding steroid dienone is 1. The molecule has 3 aliphatic carbocycles. The van der Waals surface area contributed by atoms with E-state index in [1.807, 2.05) is 0 Å². The molecule has 1 fully saturated rings. The summed E-state index contributed by atoms with van der Waals surface area (Å²) < 4.78 is 0. The van der Waals surface area contributed by atoms with Crippen molar-refractivity contribution in [1.29, 1.82) is 0 Å². The van der Waals surface area contributed by atoms with Gasteiger partial charge < -0.3 is 9.80 Å². The van der Waals surface area contributed by atoms with Crippen LogP contribution in [0.3, 0.4) is 0 Å². The molecule has 13 aromatic rings. The first kappa shape index (κ1) is 52.1. The summed E-state index contributed by atoms with van der Waals surface area (Å²) >= 11 is 0. The Morgan fingerprint density at radius 1 is 0.360 bits per heavy atom. The first-order valence-electron chi connectivity index (χ1n) is 30.9. The fourth-order valence-electron chi connectivity index (χ4n) is 14.6. The van der Waals surface area contributed by atoms with Crippen LogP contribution < -0.4 is 9.80 Å². The molecule has 0 bridgehead atoms. The zero-order valence-corrected chi connectivity index (χ0v) is 50.5. The standard InChI is InChI=1S/C84H70N2/c1-82(2,3)62-28-34-64(35-29-62)85(66-32-25-53-16-10-13-19-56(53)45-66)68-39-42-72-75(48-68)81(61-27-40-70-58(44-61)22-23-59-47-73(59)70)76-50-74-71-41-38-69(86(65-36-30-63(31-37-65)83(4,5)6)67-33-26-54-17-11-14-20-57(54)46-67)49-78(71)84(7,8)79(74)51-77(76)80(72)60-24-21-52-15-9-12-18-55(52)43-60/h9-46,48-51,59,73H,47H2,1-8H3. The van der Waals surface area contributed by atoms with E-state index < -0.39 is 0 Å². The van der Waals surface area contributed by atoms with Crippen molar-refractivity contribution in [3.63, 3.8) is 0 Å². The fourth-order valence-corrected chi connectivity index (χ4v) is 14.6. The van der Waals surface area contributed by atoms with Gasteiger partial charge in [-0.1, -0.05) is 213 Å². The van der Waals surface area contributed by atoms with Crippen LogP contribution in [0.25, 0.3) is 93.3 Å². The van der Waals surface area contributed by atoms with E-state index in [2.05, 4.69) is 320 Å². The molecule has 2 atom stereocenters. The maximum Gasteiger partial charge on any atom is 0.0468 e. The number of fused-ring (bicyclic) bond motifs is 11. The molecular weight excluding hydrogens is 1040 g/mol. The van der Waals surface area contributed by atoms with E-state index >= 15 is 0 Å². The molecule has 0 aromatic heterocycles. The van der Waals surface area contributed by atoms with Crippen LogP contribution in [0.15, 0.2) is 249 Å². The van der Waals surface area contributed by atoms with Gasteiger partial charge in [0.05, 0.1) is 0 Å². The van der Waals surface area contributed by atoms with Crippen LogP contribution in [0, 0.1) is 5.92 Å². The Bertz CT molecular complexity index is 4960. The third-order valence-corrected chi connectivity index (χ3v) is 19.5. The van der Waals surface area contributed by atoms with Crippen LogP contribution in [0.5, 0.6) is 0 Å². The van der Waals surface area contributed by atoms with E-state index in [0.29, 0.717) is 11.8 Å². The van der Waals surface area contributed by atoms with Crippen molar-refractivity contribution < 1.29 is 0 Å². The van der Waals surface area contributed by atoms with E-state index in [1.54, 1.807) is 0 Å². The summed E-state index contributed by atoms with van der Waals surface area (Å²) in [6.45, 7) is 18.7. The number of benzene rings is 13. The van der Waals surface area contributed by atoms with E-state index in [4.69, 9.17) is 0 Å². The SMILES string of the molecule is CC(C)(C)c1ccc(N(c2ccc3c(c2)C(C)(C)c2cc4c(-c5ccc6ccccc6c5)c5ccc(N(c6ccc(C(C)(C)C)cc6)c6ccc7ccccc7c6)cc5c(-c5ccc6c(c5)C=CC5CC65)c4cc2-3)c2ccc3ccccc3c2)cc1. The second-order valence-electron chi connectivity index (χ2n) is 27.4. The molecule has 0 saturated heterocycles. The Kier molecular flexibility index (Phi) is 11.7. The van der Waals surface area contributed by atoms with Crippen molar-refractivity contribution in [2.45, 2.75) is 84.0 Å². The molecule has 13 aromatic carbocycles. The quantitative estimate of drug-likeness (QED) is 0.140. The summed E-state index contributed by atoms with van der Waals surface area (Å²) in [7, 11) is 0. The van der Waals surface area contributed by atoms with Crippen molar-refractivity contribution in [2.75, 3.05) is 9.80 Å². The molecule has 2 heteroatoms.